The summed E-state index contributed by atoms with van der Waals surface area (Å²) in [5.74, 6) is 0.848. The molecule has 0 amide bonds. The minimum Gasteiger partial charge on any atom is -0.466 e. The van der Waals surface area contributed by atoms with E-state index in [4.69, 9.17) is 9.47 Å². The zero-order valence-corrected chi connectivity index (χ0v) is 12.4. The number of carbonyl (C=O) groups is 1. The van der Waals surface area contributed by atoms with E-state index in [1.165, 1.54) is 19.3 Å². The molecule has 0 N–H and O–H groups in total. The number of esters is 1. The van der Waals surface area contributed by atoms with Gasteiger partial charge in [0.1, 0.15) is 0 Å². The van der Waals surface area contributed by atoms with Gasteiger partial charge in [-0.3, -0.25) is 4.79 Å². The molecule has 0 spiro atoms. The fourth-order valence-corrected chi connectivity index (χ4v) is 3.55. The van der Waals surface area contributed by atoms with Crippen molar-refractivity contribution in [1.82, 2.24) is 0 Å². The van der Waals surface area contributed by atoms with Crippen LogP contribution in [0.4, 0.5) is 0 Å². The molecule has 110 valence electrons. The standard InChI is InChI=1S/C16H28O3/c1-3-5-6-12(16(17)18-4-2)8-10-15-13-7-9-14(11-13)19-15/h12-15H,3-11H2,1-2H3. The number of rotatable bonds is 8. The van der Waals surface area contributed by atoms with Gasteiger partial charge in [0, 0.05) is 0 Å². The monoisotopic (exact) mass is 268 g/mol. The first-order chi connectivity index (χ1) is 9.24. The van der Waals surface area contributed by atoms with Crippen molar-refractivity contribution in [3.05, 3.63) is 0 Å². The number of unbranched alkanes of at least 4 members (excludes halogenated alkanes) is 1. The van der Waals surface area contributed by atoms with E-state index in [0.717, 1.165) is 38.0 Å². The second-order valence-electron chi connectivity index (χ2n) is 6.04. The maximum absolute atomic E-state index is 12.0. The second kappa shape index (κ2) is 7.28. The van der Waals surface area contributed by atoms with Crippen molar-refractivity contribution >= 4 is 5.97 Å². The van der Waals surface area contributed by atoms with Gasteiger partial charge in [0.25, 0.3) is 0 Å². The topological polar surface area (TPSA) is 35.5 Å². The average Bonchev–Trinajstić information content (AvgIpc) is 3.01. The molecule has 0 aromatic heterocycles. The highest BCUT2D eigenvalue weighted by Crippen LogP contribution is 2.42. The van der Waals surface area contributed by atoms with Crippen LogP contribution in [0.1, 0.15) is 65.2 Å². The molecule has 1 aliphatic heterocycles. The van der Waals surface area contributed by atoms with Gasteiger partial charge >= 0.3 is 5.97 Å². The van der Waals surface area contributed by atoms with Gasteiger partial charge in [-0.25, -0.2) is 0 Å². The van der Waals surface area contributed by atoms with E-state index in [2.05, 4.69) is 6.92 Å². The summed E-state index contributed by atoms with van der Waals surface area (Å²) in [6.45, 7) is 4.54. The normalized spacial score (nSPS) is 30.5. The van der Waals surface area contributed by atoms with Gasteiger partial charge in [-0.05, 0) is 51.4 Å². The molecule has 2 rings (SSSR count). The van der Waals surface area contributed by atoms with E-state index >= 15 is 0 Å². The third-order valence-corrected chi connectivity index (χ3v) is 4.64. The highest BCUT2D eigenvalue weighted by Gasteiger charge is 2.40. The number of fused-ring (bicyclic) bond motifs is 2. The Bertz CT molecular complexity index is 290. The van der Waals surface area contributed by atoms with Gasteiger partial charge in [0.05, 0.1) is 24.7 Å². The summed E-state index contributed by atoms with van der Waals surface area (Å²) in [5, 5.41) is 0. The number of carbonyl (C=O) groups excluding carboxylic acids is 1. The average molecular weight is 268 g/mol. The van der Waals surface area contributed by atoms with Gasteiger partial charge < -0.3 is 9.47 Å². The molecule has 1 aliphatic carbocycles. The molecule has 0 aromatic rings. The fourth-order valence-electron chi connectivity index (χ4n) is 3.55. The summed E-state index contributed by atoms with van der Waals surface area (Å²) in [4.78, 5) is 12.0. The van der Waals surface area contributed by atoms with Gasteiger partial charge in [-0.15, -0.1) is 0 Å². The van der Waals surface area contributed by atoms with E-state index < -0.39 is 0 Å². The predicted molar refractivity (Wildman–Crippen MR) is 74.9 cm³/mol. The van der Waals surface area contributed by atoms with Crippen molar-refractivity contribution in [2.24, 2.45) is 11.8 Å². The van der Waals surface area contributed by atoms with E-state index in [1.54, 1.807) is 0 Å². The molecule has 0 aromatic carbocycles. The summed E-state index contributed by atoms with van der Waals surface area (Å²) < 4.78 is 11.2. The number of ether oxygens (including phenoxy) is 2. The number of hydrogen-bond acceptors (Lipinski definition) is 3. The molecule has 1 saturated heterocycles. The van der Waals surface area contributed by atoms with Crippen LogP contribution in [-0.2, 0) is 14.3 Å². The van der Waals surface area contributed by atoms with Gasteiger partial charge in [0.2, 0.25) is 0 Å². The van der Waals surface area contributed by atoms with Crippen molar-refractivity contribution < 1.29 is 14.3 Å². The second-order valence-corrected chi connectivity index (χ2v) is 6.04. The van der Waals surface area contributed by atoms with Crippen LogP contribution in [0, 0.1) is 11.8 Å². The van der Waals surface area contributed by atoms with Crippen LogP contribution in [0.2, 0.25) is 0 Å². The Morgan fingerprint density at radius 3 is 2.74 bits per heavy atom. The fraction of sp³-hybridized carbons (Fsp3) is 0.938. The smallest absolute Gasteiger partial charge is 0.308 e. The third kappa shape index (κ3) is 3.95. The molecule has 0 radical (unpaired) electrons. The van der Waals surface area contributed by atoms with Crippen molar-refractivity contribution in [3.8, 4) is 0 Å². The lowest BCUT2D eigenvalue weighted by molar-refractivity contribution is -0.148. The van der Waals surface area contributed by atoms with Gasteiger partial charge in [0.15, 0.2) is 0 Å². The van der Waals surface area contributed by atoms with Crippen LogP contribution < -0.4 is 0 Å². The summed E-state index contributed by atoms with van der Waals surface area (Å²) in [6.07, 6.45) is 9.96. The van der Waals surface area contributed by atoms with Gasteiger partial charge in [-0.2, -0.15) is 0 Å². The van der Waals surface area contributed by atoms with Crippen LogP contribution in [0.25, 0.3) is 0 Å². The molecule has 4 atom stereocenters. The Kier molecular flexibility index (Phi) is 5.68. The van der Waals surface area contributed by atoms with Crippen molar-refractivity contribution in [3.63, 3.8) is 0 Å². The summed E-state index contributed by atoms with van der Waals surface area (Å²) in [5.41, 5.74) is 0. The lowest BCUT2D eigenvalue weighted by atomic mass is 9.91. The zero-order chi connectivity index (χ0) is 13.7. The SMILES string of the molecule is CCCCC(CCC1OC2CCC1C2)C(=O)OCC. The molecular formula is C16H28O3. The van der Waals surface area contributed by atoms with Crippen molar-refractivity contribution in [2.45, 2.75) is 77.4 Å². The largest absolute Gasteiger partial charge is 0.466 e. The van der Waals surface area contributed by atoms with Crippen LogP contribution in [0.5, 0.6) is 0 Å². The first-order valence-electron chi connectivity index (χ1n) is 8.06. The lowest BCUT2D eigenvalue weighted by Crippen LogP contribution is -2.24. The minimum atomic E-state index is -0.000827. The van der Waals surface area contributed by atoms with Crippen molar-refractivity contribution in [2.75, 3.05) is 6.61 Å². The molecule has 3 nitrogen and oxygen atoms in total. The van der Waals surface area contributed by atoms with Crippen LogP contribution >= 0.6 is 0 Å². The predicted octanol–water partition coefficient (Wildman–Crippen LogP) is 3.70. The Labute approximate surface area is 117 Å². The Balaban J connectivity index is 1.76. The van der Waals surface area contributed by atoms with Gasteiger partial charge in [-0.1, -0.05) is 19.8 Å². The summed E-state index contributed by atoms with van der Waals surface area (Å²) in [7, 11) is 0. The minimum absolute atomic E-state index is 0.000827. The molecule has 2 bridgehead atoms. The van der Waals surface area contributed by atoms with Crippen LogP contribution in [0.15, 0.2) is 0 Å². The Hall–Kier alpha value is -0.570. The molecule has 19 heavy (non-hydrogen) atoms. The Morgan fingerprint density at radius 2 is 2.16 bits per heavy atom. The molecule has 4 unspecified atom stereocenters. The molecule has 1 saturated carbocycles. The summed E-state index contributed by atoms with van der Waals surface area (Å²) in [6, 6.07) is 0. The number of hydrogen-bond donors (Lipinski definition) is 0. The molecule has 2 fully saturated rings. The third-order valence-electron chi connectivity index (χ3n) is 4.64. The first-order valence-corrected chi connectivity index (χ1v) is 8.06. The van der Waals surface area contributed by atoms with Crippen LogP contribution in [-0.4, -0.2) is 24.8 Å². The highest BCUT2D eigenvalue weighted by molar-refractivity contribution is 5.72. The molecule has 2 aliphatic rings. The summed E-state index contributed by atoms with van der Waals surface area (Å²) >= 11 is 0. The van der Waals surface area contributed by atoms with E-state index in [-0.39, 0.29) is 11.9 Å². The maximum Gasteiger partial charge on any atom is 0.308 e. The lowest BCUT2D eigenvalue weighted by Gasteiger charge is -2.24. The van der Waals surface area contributed by atoms with Crippen LogP contribution in [0.3, 0.4) is 0 Å². The highest BCUT2D eigenvalue weighted by atomic mass is 16.5. The van der Waals surface area contributed by atoms with E-state index in [0.29, 0.717) is 18.8 Å². The maximum atomic E-state index is 12.0. The zero-order valence-electron chi connectivity index (χ0n) is 12.4. The molecular weight excluding hydrogens is 240 g/mol. The first kappa shape index (κ1) is 14.8. The molecule has 1 heterocycles. The van der Waals surface area contributed by atoms with E-state index in [1.807, 2.05) is 6.92 Å². The quantitative estimate of drug-likeness (QED) is 0.630. The van der Waals surface area contributed by atoms with E-state index in [9.17, 15) is 4.79 Å². The van der Waals surface area contributed by atoms with Crippen molar-refractivity contribution in [1.29, 1.82) is 0 Å². The molecule has 3 heteroatoms. The Morgan fingerprint density at radius 1 is 1.32 bits per heavy atom.